The lowest BCUT2D eigenvalue weighted by Gasteiger charge is -2.32. The Bertz CT molecular complexity index is 1520. The first kappa shape index (κ1) is 34.2. The average Bonchev–Trinajstić information content (AvgIpc) is 3.01. The van der Waals surface area contributed by atoms with Crippen molar-refractivity contribution in [2.75, 3.05) is 38.2 Å². The van der Waals surface area contributed by atoms with Crippen molar-refractivity contribution in [3.63, 3.8) is 0 Å². The van der Waals surface area contributed by atoms with E-state index in [0.717, 1.165) is 15.4 Å². The van der Waals surface area contributed by atoms with Crippen LogP contribution in [0.1, 0.15) is 38.8 Å². The van der Waals surface area contributed by atoms with E-state index in [9.17, 15) is 18.0 Å². The Kier molecular flexibility index (Phi) is 12.0. The van der Waals surface area contributed by atoms with Gasteiger partial charge in [0, 0.05) is 19.2 Å². The van der Waals surface area contributed by atoms with E-state index in [2.05, 4.69) is 5.32 Å². The van der Waals surface area contributed by atoms with Crippen LogP contribution in [0.5, 0.6) is 17.2 Å². The molecule has 2 amide bonds. The van der Waals surface area contributed by atoms with Crippen LogP contribution in [0.4, 0.5) is 5.69 Å². The number of hydrogen-bond donors (Lipinski definition) is 1. The molecule has 1 atom stereocenters. The van der Waals surface area contributed by atoms with Crippen molar-refractivity contribution in [3.05, 3.63) is 77.9 Å². The molecule has 44 heavy (non-hydrogen) atoms. The van der Waals surface area contributed by atoms with E-state index in [1.807, 2.05) is 52.0 Å². The Morgan fingerprint density at radius 1 is 0.909 bits per heavy atom. The molecular weight excluding hydrogens is 582 g/mol. The van der Waals surface area contributed by atoms with Crippen LogP contribution in [0.3, 0.4) is 0 Å². The molecular formula is C33H43N3O7S. The van der Waals surface area contributed by atoms with Gasteiger partial charge >= 0.3 is 0 Å². The number of sulfonamides is 1. The Morgan fingerprint density at radius 3 is 2.16 bits per heavy atom. The summed E-state index contributed by atoms with van der Waals surface area (Å²) in [7, 11) is -1.43. The predicted octanol–water partition coefficient (Wildman–Crippen LogP) is 4.80. The van der Waals surface area contributed by atoms with Gasteiger partial charge in [0.05, 0.1) is 31.4 Å². The van der Waals surface area contributed by atoms with Crippen LogP contribution in [0.25, 0.3) is 0 Å². The van der Waals surface area contributed by atoms with Gasteiger partial charge in [0.25, 0.3) is 10.0 Å². The molecule has 0 bridgehead atoms. The number of rotatable bonds is 15. The SMILES string of the molecule is CCOc1ccc(N(CC(=O)N(Cc2ccccc2C)C(C)C(=O)NCC(C)C)S(=O)(=O)c2ccc(OC)c(OC)c2)cc1. The second-order valence-electron chi connectivity index (χ2n) is 10.7. The van der Waals surface area contributed by atoms with Gasteiger partial charge in [0.15, 0.2) is 11.5 Å². The molecule has 1 N–H and O–H groups in total. The first-order valence-electron chi connectivity index (χ1n) is 14.5. The van der Waals surface area contributed by atoms with E-state index in [0.29, 0.717) is 24.7 Å². The fourth-order valence-electron chi connectivity index (χ4n) is 4.51. The molecule has 0 saturated heterocycles. The predicted molar refractivity (Wildman–Crippen MR) is 171 cm³/mol. The molecule has 3 aromatic rings. The number of nitrogens with zero attached hydrogens (tertiary/aromatic N) is 2. The number of hydrogen-bond acceptors (Lipinski definition) is 7. The van der Waals surface area contributed by atoms with E-state index in [1.54, 1.807) is 31.2 Å². The summed E-state index contributed by atoms with van der Waals surface area (Å²) < 4.78 is 45.6. The molecule has 11 heteroatoms. The summed E-state index contributed by atoms with van der Waals surface area (Å²) in [6, 6.07) is 17.4. The third-order valence-electron chi connectivity index (χ3n) is 7.11. The van der Waals surface area contributed by atoms with Crippen molar-refractivity contribution in [1.29, 1.82) is 0 Å². The fraction of sp³-hybridized carbons (Fsp3) is 0.394. The third-order valence-corrected chi connectivity index (χ3v) is 8.88. The molecule has 0 heterocycles. The minimum Gasteiger partial charge on any atom is -0.494 e. The van der Waals surface area contributed by atoms with E-state index in [-0.39, 0.29) is 34.7 Å². The number of ether oxygens (including phenoxy) is 3. The monoisotopic (exact) mass is 625 g/mol. The highest BCUT2D eigenvalue weighted by Crippen LogP contribution is 2.33. The minimum atomic E-state index is -4.30. The minimum absolute atomic E-state index is 0.0926. The van der Waals surface area contributed by atoms with Crippen molar-refractivity contribution >= 4 is 27.5 Å². The van der Waals surface area contributed by atoms with Crippen molar-refractivity contribution in [1.82, 2.24) is 10.2 Å². The number of carbonyl (C=O) groups excluding carboxylic acids is 2. The third kappa shape index (κ3) is 8.43. The maximum atomic E-state index is 14.2. The first-order chi connectivity index (χ1) is 20.9. The van der Waals surface area contributed by atoms with E-state index in [1.165, 1.54) is 37.3 Å². The molecule has 0 radical (unpaired) electrons. The van der Waals surface area contributed by atoms with Gasteiger partial charge in [-0.05, 0) is 74.2 Å². The lowest BCUT2D eigenvalue weighted by Crippen LogP contribution is -2.51. The molecule has 0 aromatic heterocycles. The Labute approximate surface area is 261 Å². The summed E-state index contributed by atoms with van der Waals surface area (Å²) in [4.78, 5) is 28.7. The summed E-state index contributed by atoms with van der Waals surface area (Å²) in [5.74, 6) is 0.495. The second kappa shape index (κ2) is 15.5. The fourth-order valence-corrected chi connectivity index (χ4v) is 5.94. The number of aryl methyl sites for hydroxylation is 1. The van der Waals surface area contributed by atoms with Crippen LogP contribution < -0.4 is 23.8 Å². The van der Waals surface area contributed by atoms with Crippen LogP contribution in [-0.4, -0.2) is 65.1 Å². The van der Waals surface area contributed by atoms with Crippen LogP contribution in [0.15, 0.2) is 71.6 Å². The summed E-state index contributed by atoms with van der Waals surface area (Å²) in [6.45, 7) is 9.84. The zero-order valence-corrected chi connectivity index (χ0v) is 27.3. The lowest BCUT2D eigenvalue weighted by molar-refractivity contribution is -0.139. The number of amides is 2. The summed E-state index contributed by atoms with van der Waals surface area (Å²) in [6.07, 6.45) is 0. The topological polar surface area (TPSA) is 114 Å². The number of nitrogens with one attached hydrogen (secondary N) is 1. The number of carbonyl (C=O) groups is 2. The van der Waals surface area contributed by atoms with E-state index >= 15 is 0 Å². The highest BCUT2D eigenvalue weighted by molar-refractivity contribution is 7.92. The Balaban J connectivity index is 2.08. The molecule has 3 rings (SSSR count). The van der Waals surface area contributed by atoms with Crippen molar-refractivity contribution in [2.24, 2.45) is 5.92 Å². The zero-order valence-electron chi connectivity index (χ0n) is 26.5. The molecule has 0 saturated carbocycles. The molecule has 0 aliphatic heterocycles. The van der Waals surface area contributed by atoms with E-state index in [4.69, 9.17) is 14.2 Å². The second-order valence-corrected chi connectivity index (χ2v) is 12.6. The van der Waals surface area contributed by atoms with Gasteiger partial charge in [-0.15, -0.1) is 0 Å². The smallest absolute Gasteiger partial charge is 0.264 e. The van der Waals surface area contributed by atoms with Crippen molar-refractivity contribution in [3.8, 4) is 17.2 Å². The summed E-state index contributed by atoms with van der Waals surface area (Å²) in [5, 5.41) is 2.90. The van der Waals surface area contributed by atoms with Gasteiger partial charge in [0.1, 0.15) is 18.3 Å². The molecule has 0 aliphatic rings. The molecule has 0 aliphatic carbocycles. The standard InChI is InChI=1S/C33H43N3O7S/c1-8-43-28-15-13-27(14-16-28)36(44(39,40)29-17-18-30(41-6)31(19-29)42-7)22-32(37)35(21-26-12-10-9-11-24(26)4)25(5)33(38)34-20-23(2)3/h9-19,23,25H,8,20-22H2,1-7H3,(H,34,38). The lowest BCUT2D eigenvalue weighted by atomic mass is 10.1. The molecule has 3 aromatic carbocycles. The quantitative estimate of drug-likeness (QED) is 0.258. The Morgan fingerprint density at radius 2 is 1.57 bits per heavy atom. The van der Waals surface area contributed by atoms with Crippen LogP contribution >= 0.6 is 0 Å². The number of anilines is 1. The van der Waals surface area contributed by atoms with Gasteiger partial charge in [-0.1, -0.05) is 38.1 Å². The summed E-state index contributed by atoms with van der Waals surface area (Å²) in [5.41, 5.74) is 2.05. The largest absolute Gasteiger partial charge is 0.494 e. The van der Waals surface area contributed by atoms with Crippen LogP contribution in [0.2, 0.25) is 0 Å². The van der Waals surface area contributed by atoms with Gasteiger partial charge in [0.2, 0.25) is 11.8 Å². The normalized spacial score (nSPS) is 11.9. The molecule has 1 unspecified atom stereocenters. The number of benzene rings is 3. The van der Waals surface area contributed by atoms with Crippen LogP contribution in [0, 0.1) is 12.8 Å². The maximum absolute atomic E-state index is 14.2. The zero-order chi connectivity index (χ0) is 32.4. The van der Waals surface area contributed by atoms with Gasteiger partial charge in [-0.3, -0.25) is 13.9 Å². The molecule has 0 spiro atoms. The Hall–Kier alpha value is -4.25. The van der Waals surface area contributed by atoms with Gasteiger partial charge < -0.3 is 24.4 Å². The number of methoxy groups -OCH3 is 2. The van der Waals surface area contributed by atoms with E-state index < -0.39 is 28.5 Å². The molecule has 10 nitrogen and oxygen atoms in total. The van der Waals surface area contributed by atoms with Crippen LogP contribution in [-0.2, 0) is 26.2 Å². The van der Waals surface area contributed by atoms with Gasteiger partial charge in [-0.25, -0.2) is 8.42 Å². The van der Waals surface area contributed by atoms with Crippen molar-refractivity contribution in [2.45, 2.75) is 52.1 Å². The summed E-state index contributed by atoms with van der Waals surface area (Å²) >= 11 is 0. The average molecular weight is 626 g/mol. The molecule has 0 fully saturated rings. The highest BCUT2D eigenvalue weighted by Gasteiger charge is 2.33. The van der Waals surface area contributed by atoms with Crippen molar-refractivity contribution < 1.29 is 32.2 Å². The highest BCUT2D eigenvalue weighted by atomic mass is 32.2. The molecule has 238 valence electrons. The first-order valence-corrected chi connectivity index (χ1v) is 16.0. The van der Waals surface area contributed by atoms with Gasteiger partial charge in [-0.2, -0.15) is 0 Å². The maximum Gasteiger partial charge on any atom is 0.264 e.